The maximum atomic E-state index is 12.8. The number of aromatic carboxylic acids is 1. The predicted octanol–water partition coefficient (Wildman–Crippen LogP) is 3.38. The van der Waals surface area contributed by atoms with Crippen molar-refractivity contribution in [3.8, 4) is 0 Å². The summed E-state index contributed by atoms with van der Waals surface area (Å²) in [6.07, 6.45) is 1.49. The van der Waals surface area contributed by atoms with Gasteiger partial charge in [0.2, 0.25) is 0 Å². The number of morpholine rings is 1. The number of nitrogens with zero attached hydrogens (tertiary/aromatic N) is 3. The Morgan fingerprint density at radius 3 is 2.43 bits per heavy atom. The Morgan fingerprint density at radius 2 is 1.76 bits per heavy atom. The van der Waals surface area contributed by atoms with Gasteiger partial charge < -0.3 is 14.7 Å². The van der Waals surface area contributed by atoms with E-state index in [1.54, 1.807) is 0 Å². The molecule has 1 heterocycles. The third-order valence-electron chi connectivity index (χ3n) is 5.55. The number of sulfonamides is 1. The number of rotatable bonds is 9. The molecule has 0 amide bonds. The van der Waals surface area contributed by atoms with Crippen molar-refractivity contribution >= 4 is 45.0 Å². The summed E-state index contributed by atoms with van der Waals surface area (Å²) in [5.41, 5.74) is 3.44. The average Bonchev–Trinajstić information content (AvgIpc) is 2.89. The lowest BCUT2D eigenvalue weighted by Gasteiger charge is -2.28. The van der Waals surface area contributed by atoms with Crippen LogP contribution in [0.2, 0.25) is 0 Å². The fourth-order valence-corrected chi connectivity index (χ4v) is 4.75. The molecule has 37 heavy (non-hydrogen) atoms. The van der Waals surface area contributed by atoms with E-state index in [0.717, 1.165) is 36.5 Å². The number of para-hydroxylation sites is 1. The second-order valence-corrected chi connectivity index (χ2v) is 9.64. The van der Waals surface area contributed by atoms with Crippen LogP contribution in [0.5, 0.6) is 0 Å². The standard InChI is InChI=1S/C24H23N5O7S/c30-24(31)20-3-1-2-4-21(20)27-37(34,35)19-9-10-22(23(15-19)29(32)33)26-25-16-17-5-7-18(8-6-17)28-11-13-36-14-12-28/h1-10,15-16,26-27H,11-14H2,(H,30,31). The van der Waals surface area contributed by atoms with E-state index in [0.29, 0.717) is 13.2 Å². The van der Waals surface area contributed by atoms with Crippen molar-refractivity contribution in [2.24, 2.45) is 5.10 Å². The Kier molecular flexibility index (Phi) is 7.65. The molecule has 1 aliphatic rings. The molecule has 0 spiro atoms. The normalized spacial score (nSPS) is 13.9. The van der Waals surface area contributed by atoms with Crippen LogP contribution in [0.3, 0.4) is 0 Å². The Bertz CT molecular complexity index is 1440. The molecule has 0 aromatic heterocycles. The first-order chi connectivity index (χ1) is 17.7. The van der Waals surface area contributed by atoms with Gasteiger partial charge in [-0.05, 0) is 42.0 Å². The topological polar surface area (TPSA) is 163 Å². The monoisotopic (exact) mass is 525 g/mol. The Morgan fingerprint density at radius 1 is 1.05 bits per heavy atom. The largest absolute Gasteiger partial charge is 0.478 e. The molecule has 12 nitrogen and oxygen atoms in total. The molecular formula is C24H23N5O7S. The van der Waals surface area contributed by atoms with Gasteiger partial charge in [0.1, 0.15) is 5.69 Å². The van der Waals surface area contributed by atoms with Gasteiger partial charge in [-0.1, -0.05) is 24.3 Å². The maximum Gasteiger partial charge on any atom is 0.337 e. The molecule has 3 N–H and O–H groups in total. The van der Waals surface area contributed by atoms with Crippen LogP contribution >= 0.6 is 0 Å². The molecular weight excluding hydrogens is 502 g/mol. The van der Waals surface area contributed by atoms with E-state index < -0.39 is 31.5 Å². The minimum absolute atomic E-state index is 0.0175. The highest BCUT2D eigenvalue weighted by molar-refractivity contribution is 7.92. The van der Waals surface area contributed by atoms with Gasteiger partial charge in [-0.3, -0.25) is 20.3 Å². The number of hydrogen-bond donors (Lipinski definition) is 3. The molecule has 3 aromatic rings. The van der Waals surface area contributed by atoms with Crippen molar-refractivity contribution in [2.45, 2.75) is 4.90 Å². The second kappa shape index (κ2) is 11.1. The number of hydrogen-bond acceptors (Lipinski definition) is 9. The zero-order valence-corrected chi connectivity index (χ0v) is 20.2. The van der Waals surface area contributed by atoms with Gasteiger partial charge in [-0.25, -0.2) is 13.2 Å². The first-order valence-corrected chi connectivity index (χ1v) is 12.6. The van der Waals surface area contributed by atoms with E-state index in [1.807, 2.05) is 24.3 Å². The number of nitro benzene ring substituents is 1. The number of anilines is 3. The maximum absolute atomic E-state index is 12.8. The molecule has 1 aliphatic heterocycles. The molecule has 13 heteroatoms. The molecule has 0 radical (unpaired) electrons. The lowest BCUT2D eigenvalue weighted by molar-refractivity contribution is -0.384. The van der Waals surface area contributed by atoms with Gasteiger partial charge in [0.15, 0.2) is 0 Å². The summed E-state index contributed by atoms with van der Waals surface area (Å²) in [6.45, 7) is 2.98. The predicted molar refractivity (Wildman–Crippen MR) is 138 cm³/mol. The molecule has 0 aliphatic carbocycles. The van der Waals surface area contributed by atoms with Crippen molar-refractivity contribution in [3.05, 3.63) is 88.0 Å². The smallest absolute Gasteiger partial charge is 0.337 e. The Hall–Kier alpha value is -4.49. The van der Waals surface area contributed by atoms with Crippen LogP contribution < -0.4 is 15.0 Å². The Labute approximate surface area is 212 Å². The average molecular weight is 526 g/mol. The molecule has 0 bridgehead atoms. The first-order valence-electron chi connectivity index (χ1n) is 11.1. The summed E-state index contributed by atoms with van der Waals surface area (Å²) in [4.78, 5) is 24.1. The third-order valence-corrected chi connectivity index (χ3v) is 6.91. The number of hydrazone groups is 1. The summed E-state index contributed by atoms with van der Waals surface area (Å²) in [5, 5.41) is 24.9. The molecule has 1 saturated heterocycles. The number of carboxylic acids is 1. The van der Waals surface area contributed by atoms with Crippen molar-refractivity contribution in [1.29, 1.82) is 0 Å². The Balaban J connectivity index is 1.49. The molecule has 1 fully saturated rings. The van der Waals surface area contributed by atoms with Gasteiger partial charge in [0.25, 0.3) is 15.7 Å². The lowest BCUT2D eigenvalue weighted by Crippen LogP contribution is -2.36. The van der Waals surface area contributed by atoms with Crippen LogP contribution in [0.1, 0.15) is 15.9 Å². The minimum Gasteiger partial charge on any atom is -0.478 e. The van der Waals surface area contributed by atoms with Crippen LogP contribution in [0, 0.1) is 10.1 Å². The van der Waals surface area contributed by atoms with Crippen LogP contribution in [0.4, 0.5) is 22.7 Å². The fraction of sp³-hybridized carbons (Fsp3) is 0.167. The number of ether oxygens (including phenoxy) is 1. The van der Waals surface area contributed by atoms with Crippen LogP contribution in [-0.4, -0.2) is 56.9 Å². The van der Waals surface area contributed by atoms with Gasteiger partial charge in [-0.15, -0.1) is 0 Å². The van der Waals surface area contributed by atoms with Crippen molar-refractivity contribution in [3.63, 3.8) is 0 Å². The zero-order chi connectivity index (χ0) is 26.4. The van der Waals surface area contributed by atoms with Crippen LogP contribution in [0.25, 0.3) is 0 Å². The second-order valence-electron chi connectivity index (χ2n) is 7.95. The van der Waals surface area contributed by atoms with E-state index >= 15 is 0 Å². The van der Waals surface area contributed by atoms with E-state index in [-0.39, 0.29) is 16.9 Å². The highest BCUT2D eigenvalue weighted by Gasteiger charge is 2.23. The van der Waals surface area contributed by atoms with Crippen molar-refractivity contribution < 1.29 is 28.0 Å². The van der Waals surface area contributed by atoms with Crippen molar-refractivity contribution in [2.75, 3.05) is 41.4 Å². The summed E-state index contributed by atoms with van der Waals surface area (Å²) in [5.74, 6) is -1.32. The van der Waals surface area contributed by atoms with Crippen LogP contribution in [0.15, 0.2) is 76.7 Å². The number of nitro groups is 1. The fourth-order valence-electron chi connectivity index (χ4n) is 3.66. The summed E-state index contributed by atoms with van der Waals surface area (Å²) in [6, 6.07) is 16.3. The van der Waals surface area contributed by atoms with Gasteiger partial charge in [-0.2, -0.15) is 5.10 Å². The number of benzene rings is 3. The summed E-state index contributed by atoms with van der Waals surface area (Å²) < 4.78 is 33.2. The number of carbonyl (C=O) groups is 1. The van der Waals surface area contributed by atoms with E-state index in [4.69, 9.17) is 4.74 Å². The van der Waals surface area contributed by atoms with Gasteiger partial charge >= 0.3 is 5.97 Å². The van der Waals surface area contributed by atoms with Crippen molar-refractivity contribution in [1.82, 2.24) is 0 Å². The van der Waals surface area contributed by atoms with E-state index in [2.05, 4.69) is 20.1 Å². The first kappa shape index (κ1) is 25.6. The van der Waals surface area contributed by atoms with E-state index in [9.17, 15) is 28.4 Å². The highest BCUT2D eigenvalue weighted by atomic mass is 32.2. The molecule has 192 valence electrons. The quantitative estimate of drug-likeness (QED) is 0.216. The van der Waals surface area contributed by atoms with Crippen LogP contribution in [-0.2, 0) is 14.8 Å². The lowest BCUT2D eigenvalue weighted by atomic mass is 10.2. The van der Waals surface area contributed by atoms with Gasteiger partial charge in [0.05, 0.1) is 40.5 Å². The highest BCUT2D eigenvalue weighted by Crippen LogP contribution is 2.29. The summed E-state index contributed by atoms with van der Waals surface area (Å²) in [7, 11) is -4.31. The molecule has 0 atom stereocenters. The summed E-state index contributed by atoms with van der Waals surface area (Å²) >= 11 is 0. The number of nitrogens with one attached hydrogen (secondary N) is 2. The zero-order valence-electron chi connectivity index (χ0n) is 19.4. The molecule has 0 unspecified atom stereocenters. The third kappa shape index (κ3) is 6.20. The molecule has 3 aromatic carbocycles. The molecule has 0 saturated carbocycles. The molecule has 4 rings (SSSR count). The van der Waals surface area contributed by atoms with Gasteiger partial charge in [0, 0.05) is 24.8 Å². The minimum atomic E-state index is -4.31. The van der Waals surface area contributed by atoms with E-state index in [1.165, 1.54) is 36.5 Å². The number of carboxylic acid groups (broad SMARTS) is 1. The SMILES string of the molecule is O=C(O)c1ccccc1NS(=O)(=O)c1ccc(NN=Cc2ccc(N3CCOCC3)cc2)c([N+](=O)[O-])c1.